The van der Waals surface area contributed by atoms with Crippen molar-refractivity contribution >= 4 is 23.7 Å². The average molecular weight is 327 g/mol. The zero-order valence-electron chi connectivity index (χ0n) is 13.8. The smallest absolute Gasteiger partial charge is 0.321 e. The molecule has 1 saturated heterocycles. The molecule has 6 heteroatoms. The maximum atomic E-state index is 12.0. The summed E-state index contributed by atoms with van der Waals surface area (Å²) in [5, 5.41) is 6.06. The van der Waals surface area contributed by atoms with E-state index in [4.69, 9.17) is 0 Å². The number of thioether (sulfide) groups is 1. The summed E-state index contributed by atoms with van der Waals surface area (Å²) in [6.07, 6.45) is 5.70. The number of nitrogens with one attached hydrogen (secondary N) is 2. The Morgan fingerprint density at radius 2 is 2.05 bits per heavy atom. The lowest BCUT2D eigenvalue weighted by Gasteiger charge is -2.31. The van der Waals surface area contributed by atoms with Gasteiger partial charge in [-0.2, -0.15) is 11.8 Å². The molecular formula is C16H29N3O2S. The van der Waals surface area contributed by atoms with E-state index in [-0.39, 0.29) is 18.0 Å². The van der Waals surface area contributed by atoms with Crippen LogP contribution >= 0.6 is 11.8 Å². The lowest BCUT2D eigenvalue weighted by molar-refractivity contribution is -0.121. The van der Waals surface area contributed by atoms with Crippen LogP contribution in [0.15, 0.2) is 0 Å². The second-order valence-corrected chi connectivity index (χ2v) is 7.93. The Morgan fingerprint density at radius 1 is 1.27 bits per heavy atom. The second-order valence-electron chi connectivity index (χ2n) is 6.53. The minimum atomic E-state index is -0.331. The van der Waals surface area contributed by atoms with Crippen molar-refractivity contribution in [1.29, 1.82) is 0 Å². The van der Waals surface area contributed by atoms with Gasteiger partial charge in [0, 0.05) is 30.1 Å². The number of nitrogens with zero attached hydrogens (tertiary/aromatic N) is 1. The van der Waals surface area contributed by atoms with Crippen molar-refractivity contribution in [1.82, 2.24) is 15.5 Å². The van der Waals surface area contributed by atoms with E-state index in [0.717, 1.165) is 44.5 Å². The highest BCUT2D eigenvalue weighted by atomic mass is 32.2. The number of hydrogen-bond donors (Lipinski definition) is 2. The minimum absolute atomic E-state index is 0.192. The summed E-state index contributed by atoms with van der Waals surface area (Å²) < 4.78 is 0. The molecule has 5 nitrogen and oxygen atoms in total. The normalized spacial score (nSPS) is 29.8. The third-order valence-corrected chi connectivity index (χ3v) is 6.10. The molecule has 126 valence electrons. The number of amides is 3. The van der Waals surface area contributed by atoms with Gasteiger partial charge in [0.15, 0.2) is 0 Å². The molecule has 2 N–H and O–H groups in total. The molecule has 0 radical (unpaired) electrons. The lowest BCUT2D eigenvalue weighted by Crippen LogP contribution is -2.51. The Labute approximate surface area is 138 Å². The highest BCUT2D eigenvalue weighted by molar-refractivity contribution is 8.00. The minimum Gasteiger partial charge on any atom is -0.335 e. The molecule has 22 heavy (non-hydrogen) atoms. The van der Waals surface area contributed by atoms with Gasteiger partial charge in [0.2, 0.25) is 5.91 Å². The first-order valence-corrected chi connectivity index (χ1v) is 9.57. The number of imide groups is 1. The number of urea groups is 1. The topological polar surface area (TPSA) is 61.4 Å². The first kappa shape index (κ1) is 17.6. The third-order valence-electron chi connectivity index (χ3n) is 4.73. The number of carbonyl (C=O) groups is 2. The quantitative estimate of drug-likeness (QED) is 0.831. The second kappa shape index (κ2) is 8.77. The summed E-state index contributed by atoms with van der Waals surface area (Å²) in [4.78, 5) is 26.1. The Morgan fingerprint density at radius 3 is 2.77 bits per heavy atom. The standard InChI is InChI=1S/C16H29N3O2S/c1-3-13-10-19(8-9-22-13)11-15(20)18-16(21)17-14-7-5-4-6-12(14)2/h12-14H,3-11H2,1-2H3,(H2,17,18,20,21)/t12-,13+,14+/m0/s1. The molecule has 3 amide bonds. The predicted octanol–water partition coefficient (Wildman–Crippen LogP) is 2.22. The number of hydrogen-bond acceptors (Lipinski definition) is 4. The molecule has 2 rings (SSSR count). The van der Waals surface area contributed by atoms with Crippen LogP contribution in [0.2, 0.25) is 0 Å². The van der Waals surface area contributed by atoms with E-state index in [9.17, 15) is 9.59 Å². The van der Waals surface area contributed by atoms with Crippen LogP contribution in [0.1, 0.15) is 46.0 Å². The van der Waals surface area contributed by atoms with E-state index in [1.807, 2.05) is 11.8 Å². The summed E-state index contributed by atoms with van der Waals surface area (Å²) in [6.45, 7) is 6.54. The molecule has 2 fully saturated rings. The van der Waals surface area contributed by atoms with Gasteiger partial charge < -0.3 is 5.32 Å². The van der Waals surface area contributed by atoms with Gasteiger partial charge in [-0.3, -0.25) is 15.0 Å². The molecule has 0 spiro atoms. The molecule has 0 bridgehead atoms. The van der Waals surface area contributed by atoms with Crippen molar-refractivity contribution in [3.8, 4) is 0 Å². The highest BCUT2D eigenvalue weighted by Gasteiger charge is 2.24. The molecule has 0 aromatic heterocycles. The summed E-state index contributed by atoms with van der Waals surface area (Å²) in [7, 11) is 0. The molecule has 1 aliphatic heterocycles. The van der Waals surface area contributed by atoms with E-state index in [1.54, 1.807) is 0 Å². The van der Waals surface area contributed by atoms with Crippen molar-refractivity contribution in [2.75, 3.05) is 25.4 Å². The average Bonchev–Trinajstić information content (AvgIpc) is 2.49. The van der Waals surface area contributed by atoms with Gasteiger partial charge in [-0.25, -0.2) is 4.79 Å². The van der Waals surface area contributed by atoms with Crippen LogP contribution in [0.5, 0.6) is 0 Å². The fourth-order valence-corrected chi connectivity index (χ4v) is 4.52. The van der Waals surface area contributed by atoms with Crippen molar-refractivity contribution in [2.45, 2.75) is 57.2 Å². The van der Waals surface area contributed by atoms with Gasteiger partial charge in [0.1, 0.15) is 0 Å². The van der Waals surface area contributed by atoms with Crippen LogP contribution in [0.3, 0.4) is 0 Å². The molecule has 1 heterocycles. The van der Waals surface area contributed by atoms with E-state index in [1.165, 1.54) is 6.42 Å². The number of rotatable bonds is 4. The maximum absolute atomic E-state index is 12.0. The van der Waals surface area contributed by atoms with Crippen LogP contribution in [0.25, 0.3) is 0 Å². The predicted molar refractivity (Wildman–Crippen MR) is 91.1 cm³/mol. The number of carbonyl (C=O) groups excluding carboxylic acids is 2. The van der Waals surface area contributed by atoms with Gasteiger partial charge in [-0.15, -0.1) is 0 Å². The summed E-state index contributed by atoms with van der Waals surface area (Å²) >= 11 is 1.98. The van der Waals surface area contributed by atoms with Gasteiger partial charge in [-0.05, 0) is 25.2 Å². The molecule has 0 aromatic rings. The molecule has 0 aromatic carbocycles. The van der Waals surface area contributed by atoms with E-state index >= 15 is 0 Å². The summed E-state index contributed by atoms with van der Waals surface area (Å²) in [6, 6.07) is -0.125. The molecule has 1 aliphatic carbocycles. The molecular weight excluding hydrogens is 298 g/mol. The summed E-state index contributed by atoms with van der Waals surface area (Å²) in [5.41, 5.74) is 0. The third kappa shape index (κ3) is 5.47. The van der Waals surface area contributed by atoms with Crippen LogP contribution in [0, 0.1) is 5.92 Å². The van der Waals surface area contributed by atoms with Crippen LogP contribution in [-0.2, 0) is 4.79 Å². The molecule has 0 unspecified atom stereocenters. The highest BCUT2D eigenvalue weighted by Crippen LogP contribution is 2.23. The Balaban J connectivity index is 1.70. The Hall–Kier alpha value is -0.750. The fraction of sp³-hybridized carbons (Fsp3) is 0.875. The van der Waals surface area contributed by atoms with Gasteiger partial charge in [0.25, 0.3) is 0 Å². The Bertz CT molecular complexity index is 392. The molecule has 1 saturated carbocycles. The van der Waals surface area contributed by atoms with Crippen LogP contribution in [0.4, 0.5) is 4.79 Å². The van der Waals surface area contributed by atoms with Crippen LogP contribution in [-0.4, -0.2) is 53.5 Å². The lowest BCUT2D eigenvalue weighted by atomic mass is 9.86. The van der Waals surface area contributed by atoms with Gasteiger partial charge in [-0.1, -0.05) is 26.7 Å². The first-order chi connectivity index (χ1) is 10.6. The SMILES string of the molecule is CC[C@@H]1CN(CC(=O)NC(=O)N[C@@H]2CCCC[C@@H]2C)CCS1. The van der Waals surface area contributed by atoms with E-state index in [0.29, 0.717) is 17.7 Å². The van der Waals surface area contributed by atoms with Crippen molar-refractivity contribution in [2.24, 2.45) is 5.92 Å². The van der Waals surface area contributed by atoms with Crippen molar-refractivity contribution < 1.29 is 9.59 Å². The van der Waals surface area contributed by atoms with Crippen molar-refractivity contribution in [3.63, 3.8) is 0 Å². The first-order valence-electron chi connectivity index (χ1n) is 8.52. The van der Waals surface area contributed by atoms with E-state index < -0.39 is 0 Å². The summed E-state index contributed by atoms with van der Waals surface area (Å²) in [5.74, 6) is 1.37. The largest absolute Gasteiger partial charge is 0.335 e. The monoisotopic (exact) mass is 327 g/mol. The molecule has 2 aliphatic rings. The van der Waals surface area contributed by atoms with Gasteiger partial charge >= 0.3 is 6.03 Å². The van der Waals surface area contributed by atoms with Crippen LogP contribution < -0.4 is 10.6 Å². The van der Waals surface area contributed by atoms with Crippen molar-refractivity contribution in [3.05, 3.63) is 0 Å². The fourth-order valence-electron chi connectivity index (χ4n) is 3.28. The van der Waals surface area contributed by atoms with Gasteiger partial charge in [0.05, 0.1) is 6.54 Å². The zero-order chi connectivity index (χ0) is 15.9. The zero-order valence-corrected chi connectivity index (χ0v) is 14.6. The maximum Gasteiger partial charge on any atom is 0.321 e. The van der Waals surface area contributed by atoms with E-state index in [2.05, 4.69) is 29.4 Å². The Kier molecular flexibility index (Phi) is 7.02. The molecule has 3 atom stereocenters.